The van der Waals surface area contributed by atoms with E-state index in [1.807, 2.05) is 24.3 Å². The lowest BCUT2D eigenvalue weighted by molar-refractivity contribution is -0.134. The summed E-state index contributed by atoms with van der Waals surface area (Å²) in [5.74, 6) is -0.0212. The van der Waals surface area contributed by atoms with Gasteiger partial charge in [0.15, 0.2) is 0 Å². The second-order valence-electron chi connectivity index (χ2n) is 7.71. The van der Waals surface area contributed by atoms with Crippen LogP contribution in [0.25, 0.3) is 11.0 Å². The van der Waals surface area contributed by atoms with Gasteiger partial charge in [0.2, 0.25) is 5.91 Å². The fourth-order valence-electron chi connectivity index (χ4n) is 4.52. The van der Waals surface area contributed by atoms with Gasteiger partial charge in [0.05, 0.1) is 12.5 Å². The second kappa shape index (κ2) is 6.70. The third-order valence-electron chi connectivity index (χ3n) is 6.10. The van der Waals surface area contributed by atoms with Gasteiger partial charge in [-0.15, -0.1) is 0 Å². The van der Waals surface area contributed by atoms with Gasteiger partial charge in [-0.2, -0.15) is 0 Å². The maximum Gasteiger partial charge on any atom is 0.274 e. The van der Waals surface area contributed by atoms with E-state index in [1.54, 1.807) is 35.8 Å². The van der Waals surface area contributed by atoms with Crippen LogP contribution in [0.3, 0.4) is 0 Å². The molecule has 30 heavy (non-hydrogen) atoms. The Morgan fingerprint density at radius 1 is 1.30 bits per heavy atom. The Kier molecular flexibility index (Phi) is 4.11. The average molecular weight is 403 g/mol. The molecular formula is C22H21N5O3. The van der Waals surface area contributed by atoms with Crippen molar-refractivity contribution < 1.29 is 14.8 Å². The van der Waals surface area contributed by atoms with E-state index in [0.717, 1.165) is 27.9 Å². The van der Waals surface area contributed by atoms with Crippen LogP contribution in [0.2, 0.25) is 0 Å². The molecule has 2 aromatic heterocycles. The predicted octanol–water partition coefficient (Wildman–Crippen LogP) is 2.05. The third kappa shape index (κ3) is 2.61. The Morgan fingerprint density at radius 3 is 2.80 bits per heavy atom. The molecule has 0 saturated carbocycles. The SMILES string of the molecule is C=C1N2Cc3c(c4cccnc4n3Cc3ccc(C(=O)NO)cc3)C(C2)C(=O)N1C. The van der Waals surface area contributed by atoms with Gasteiger partial charge >= 0.3 is 0 Å². The van der Waals surface area contributed by atoms with Crippen LogP contribution in [0, 0.1) is 0 Å². The second-order valence-corrected chi connectivity index (χ2v) is 7.71. The molecule has 0 spiro atoms. The summed E-state index contributed by atoms with van der Waals surface area (Å²) in [5.41, 5.74) is 5.97. The summed E-state index contributed by atoms with van der Waals surface area (Å²) < 4.78 is 2.15. The van der Waals surface area contributed by atoms with Crippen molar-refractivity contribution in [2.45, 2.75) is 19.0 Å². The number of carbonyl (C=O) groups excluding carboxylic acids is 2. The Balaban J connectivity index is 1.62. The number of hydroxylamine groups is 1. The van der Waals surface area contributed by atoms with E-state index < -0.39 is 5.91 Å². The predicted molar refractivity (Wildman–Crippen MR) is 110 cm³/mol. The first-order chi connectivity index (χ1) is 14.5. The lowest BCUT2D eigenvalue weighted by atomic mass is 9.89. The Hall–Kier alpha value is -3.65. The summed E-state index contributed by atoms with van der Waals surface area (Å²) in [6, 6.07) is 11.0. The molecule has 8 heteroatoms. The van der Waals surface area contributed by atoms with Gasteiger partial charge in [-0.25, -0.2) is 10.5 Å². The first kappa shape index (κ1) is 18.4. The van der Waals surface area contributed by atoms with E-state index >= 15 is 0 Å². The van der Waals surface area contributed by atoms with Crippen LogP contribution in [-0.2, 0) is 17.9 Å². The van der Waals surface area contributed by atoms with E-state index in [1.165, 1.54) is 0 Å². The highest BCUT2D eigenvalue weighted by Gasteiger charge is 2.42. The van der Waals surface area contributed by atoms with Gasteiger partial charge < -0.3 is 14.4 Å². The molecule has 1 aromatic carbocycles. The molecule has 1 saturated heterocycles. The fraction of sp³-hybridized carbons (Fsp3) is 0.227. The number of hydrogen-bond donors (Lipinski definition) is 2. The van der Waals surface area contributed by atoms with Crippen molar-refractivity contribution in [3.63, 3.8) is 0 Å². The molecule has 8 nitrogen and oxygen atoms in total. The molecule has 5 rings (SSSR count). The first-order valence-corrected chi connectivity index (χ1v) is 9.70. The first-order valence-electron chi connectivity index (χ1n) is 9.70. The minimum Gasteiger partial charge on any atom is -0.351 e. The summed E-state index contributed by atoms with van der Waals surface area (Å²) in [4.78, 5) is 33.0. The molecule has 152 valence electrons. The molecule has 2 aliphatic rings. The van der Waals surface area contributed by atoms with Gasteiger partial charge in [-0.1, -0.05) is 18.7 Å². The van der Waals surface area contributed by atoms with Crippen LogP contribution in [0.5, 0.6) is 0 Å². The van der Waals surface area contributed by atoms with Gasteiger partial charge in [-0.3, -0.25) is 14.8 Å². The highest BCUT2D eigenvalue weighted by molar-refractivity contribution is 5.94. The van der Waals surface area contributed by atoms with Crippen molar-refractivity contribution >= 4 is 22.8 Å². The number of nitrogens with zero attached hydrogens (tertiary/aromatic N) is 4. The number of hydrogen-bond acceptors (Lipinski definition) is 5. The largest absolute Gasteiger partial charge is 0.351 e. The minimum atomic E-state index is -0.547. The smallest absolute Gasteiger partial charge is 0.274 e. The number of nitrogens with one attached hydrogen (secondary N) is 1. The van der Waals surface area contributed by atoms with Crippen molar-refractivity contribution in [2.75, 3.05) is 13.6 Å². The van der Waals surface area contributed by atoms with Crippen molar-refractivity contribution in [3.8, 4) is 0 Å². The number of benzene rings is 1. The summed E-state index contributed by atoms with van der Waals surface area (Å²) in [7, 11) is 1.77. The van der Waals surface area contributed by atoms with E-state index in [-0.39, 0.29) is 11.8 Å². The normalized spacial score (nSPS) is 18.0. The van der Waals surface area contributed by atoms with Crippen molar-refractivity contribution in [3.05, 3.63) is 77.4 Å². The molecule has 1 fully saturated rings. The van der Waals surface area contributed by atoms with Crippen LogP contribution in [0.4, 0.5) is 0 Å². The van der Waals surface area contributed by atoms with Gasteiger partial charge in [0, 0.05) is 43.0 Å². The van der Waals surface area contributed by atoms with Crippen molar-refractivity contribution in [1.29, 1.82) is 0 Å². The standard InChI is InChI=1S/C22H21N5O3/c1-13-25(2)22(29)17-11-26(13)12-18-19(17)16-4-3-9-23-20(16)27(18)10-14-5-7-15(8-6-14)21(28)24-30/h3-9,17,30H,1,10-12H2,2H3,(H,24,28). The van der Waals surface area contributed by atoms with Crippen LogP contribution in [0.1, 0.15) is 33.1 Å². The Morgan fingerprint density at radius 2 is 2.07 bits per heavy atom. The maximum absolute atomic E-state index is 13.0. The van der Waals surface area contributed by atoms with E-state index in [2.05, 4.69) is 21.0 Å². The lowest BCUT2D eigenvalue weighted by Crippen LogP contribution is -2.50. The van der Waals surface area contributed by atoms with Gasteiger partial charge in [0.1, 0.15) is 11.5 Å². The summed E-state index contributed by atoms with van der Waals surface area (Å²) >= 11 is 0. The van der Waals surface area contributed by atoms with Crippen molar-refractivity contribution in [2.24, 2.45) is 0 Å². The van der Waals surface area contributed by atoms with E-state index in [0.29, 0.717) is 31.0 Å². The third-order valence-corrected chi connectivity index (χ3v) is 6.10. The highest BCUT2D eigenvalue weighted by atomic mass is 16.5. The molecule has 2 bridgehead atoms. The molecular weight excluding hydrogens is 382 g/mol. The van der Waals surface area contributed by atoms with Crippen LogP contribution >= 0.6 is 0 Å². The molecule has 4 heterocycles. The molecule has 2 amide bonds. The zero-order valence-electron chi connectivity index (χ0n) is 16.5. The monoisotopic (exact) mass is 403 g/mol. The van der Waals surface area contributed by atoms with Gasteiger partial charge in [-0.05, 0) is 35.4 Å². The highest BCUT2D eigenvalue weighted by Crippen LogP contribution is 2.41. The number of likely N-dealkylation sites (N-methyl/N-ethyl adjacent to an activating group) is 1. The lowest BCUT2D eigenvalue weighted by Gasteiger charge is -2.44. The van der Waals surface area contributed by atoms with Crippen LogP contribution < -0.4 is 5.48 Å². The number of pyridine rings is 1. The number of amides is 2. The van der Waals surface area contributed by atoms with Gasteiger partial charge in [0.25, 0.3) is 5.91 Å². The number of rotatable bonds is 3. The quantitative estimate of drug-likeness (QED) is 0.516. The Bertz CT molecular complexity index is 1200. The molecule has 1 atom stereocenters. The molecule has 0 aliphatic carbocycles. The topological polar surface area (TPSA) is 90.7 Å². The molecule has 2 N–H and O–H groups in total. The Labute approximate surface area is 173 Å². The maximum atomic E-state index is 13.0. The van der Waals surface area contributed by atoms with Crippen LogP contribution in [0.15, 0.2) is 55.0 Å². The number of aromatic nitrogens is 2. The van der Waals surface area contributed by atoms with Crippen LogP contribution in [-0.4, -0.2) is 50.0 Å². The summed E-state index contributed by atoms with van der Waals surface area (Å²) in [6.45, 7) is 5.93. The minimum absolute atomic E-state index is 0.0551. The van der Waals surface area contributed by atoms with E-state index in [4.69, 9.17) is 5.21 Å². The van der Waals surface area contributed by atoms with E-state index in [9.17, 15) is 9.59 Å². The number of fused-ring (bicyclic) bond motifs is 6. The molecule has 0 radical (unpaired) electrons. The summed E-state index contributed by atoms with van der Waals surface area (Å²) in [6.07, 6.45) is 1.76. The van der Waals surface area contributed by atoms with Crippen molar-refractivity contribution in [1.82, 2.24) is 24.8 Å². The summed E-state index contributed by atoms with van der Waals surface area (Å²) in [5, 5.41) is 9.80. The molecule has 1 unspecified atom stereocenters. The average Bonchev–Trinajstić information content (AvgIpc) is 3.09. The zero-order valence-corrected chi connectivity index (χ0v) is 16.5. The zero-order chi connectivity index (χ0) is 21.0. The molecule has 3 aromatic rings. The number of carbonyl (C=O) groups is 2. The fourth-order valence-corrected chi connectivity index (χ4v) is 4.52. The molecule has 2 aliphatic heterocycles.